The van der Waals surface area contributed by atoms with Crippen molar-refractivity contribution in [3.05, 3.63) is 93.6 Å². The maximum atomic E-state index is 9.42. The molecule has 1 aliphatic rings. The molecule has 0 spiro atoms. The van der Waals surface area contributed by atoms with Gasteiger partial charge in [-0.1, -0.05) is 12.1 Å². The third kappa shape index (κ3) is 3.07. The molecule has 1 aliphatic carbocycles. The Morgan fingerprint density at radius 2 is 1.80 bits per heavy atom. The van der Waals surface area contributed by atoms with Gasteiger partial charge in [-0.25, -0.2) is 0 Å². The van der Waals surface area contributed by atoms with Gasteiger partial charge in [-0.05, 0) is 6.07 Å². The topological polar surface area (TPSA) is 28.7 Å². The number of allylic oxidation sites excluding steroid dienone is 1. The van der Waals surface area contributed by atoms with Crippen LogP contribution in [-0.2, 0) is 6.42 Å². The van der Waals surface area contributed by atoms with Gasteiger partial charge in [0, 0.05) is 0 Å². The third-order valence-electron chi connectivity index (χ3n) is 5.71. The van der Waals surface area contributed by atoms with Crippen molar-refractivity contribution in [1.29, 1.82) is 5.26 Å². The predicted octanol–water partition coefficient (Wildman–Crippen LogP) is 6.17. The number of nitrogens with zero attached hydrogens (tertiary/aromatic N) is 2. The van der Waals surface area contributed by atoms with E-state index in [2.05, 4.69) is 75.1 Å². The number of aromatic nitrogens is 1. The minimum absolute atomic E-state index is 0.689. The van der Waals surface area contributed by atoms with Crippen LogP contribution in [0.1, 0.15) is 28.8 Å². The van der Waals surface area contributed by atoms with Crippen LogP contribution in [0, 0.1) is 11.3 Å². The average molecular weight is 448 g/mol. The van der Waals surface area contributed by atoms with Crippen molar-refractivity contribution in [2.45, 2.75) is 12.8 Å². The summed E-state index contributed by atoms with van der Waals surface area (Å²) in [5.41, 5.74) is 8.57. The Morgan fingerprint density at radius 3 is 2.57 bits per heavy atom. The molecule has 30 heavy (non-hydrogen) atoms. The number of fused-ring (bicyclic) bond motifs is 3. The second kappa shape index (κ2) is 7.59. The van der Waals surface area contributed by atoms with Gasteiger partial charge in [0.2, 0.25) is 0 Å². The monoisotopic (exact) mass is 447 g/mol. The molecule has 0 saturated carbocycles. The second-order valence-electron chi connectivity index (χ2n) is 7.43. The fourth-order valence-corrected chi connectivity index (χ4v) is 4.71. The number of nitriles is 1. The van der Waals surface area contributed by atoms with Gasteiger partial charge in [0.1, 0.15) is 0 Å². The molecule has 3 aromatic carbocycles. The summed E-state index contributed by atoms with van der Waals surface area (Å²) in [5.74, 6) is 1.65. The summed E-state index contributed by atoms with van der Waals surface area (Å²) in [6.07, 6.45) is 4.20. The van der Waals surface area contributed by atoms with Crippen LogP contribution in [0.5, 0.6) is 0 Å². The number of halogens is 1. The number of hydrogen-bond acceptors (Lipinski definition) is 1. The summed E-state index contributed by atoms with van der Waals surface area (Å²) in [5, 5.41) is 10.6. The van der Waals surface area contributed by atoms with Crippen LogP contribution in [0.25, 0.3) is 33.8 Å². The van der Waals surface area contributed by atoms with Crippen molar-refractivity contribution in [3.63, 3.8) is 0 Å². The molecule has 4 heteroatoms. The summed E-state index contributed by atoms with van der Waals surface area (Å²) in [6.45, 7) is 0. The molecule has 1 radical (unpaired) electrons. The first-order valence-electron chi connectivity index (χ1n) is 9.88. The molecular weight excluding hydrogens is 431 g/mol. The van der Waals surface area contributed by atoms with Gasteiger partial charge in [0.05, 0.1) is 6.07 Å². The molecule has 4 aromatic rings. The summed E-state index contributed by atoms with van der Waals surface area (Å²) in [7, 11) is 5.78. The van der Waals surface area contributed by atoms with E-state index in [0.717, 1.165) is 35.2 Å². The Morgan fingerprint density at radius 1 is 1.00 bits per heavy atom. The van der Waals surface area contributed by atoms with Crippen molar-refractivity contribution in [1.82, 2.24) is 4.57 Å². The van der Waals surface area contributed by atoms with Gasteiger partial charge >= 0.3 is 156 Å². The van der Waals surface area contributed by atoms with E-state index in [-0.39, 0.29) is 0 Å². The number of rotatable bonds is 3. The molecule has 5 rings (SSSR count). The number of hydrogen-bond donors (Lipinski definition) is 0. The van der Waals surface area contributed by atoms with Crippen molar-refractivity contribution >= 4 is 46.4 Å². The standard InChI is InChI=1S/C26H17BBrN2/c27-15-17-5-11-25-23(13-17)24-14-20(28)8-12-26(24)30(25)21-9-6-18(7-10-21)22-4-2-1-3-19(22)16-29/h1-7,9-11,13-15H,8,12H2. The molecular formula is C26H17BBrN2. The van der Waals surface area contributed by atoms with Crippen molar-refractivity contribution in [3.8, 4) is 22.9 Å². The van der Waals surface area contributed by atoms with Gasteiger partial charge < -0.3 is 0 Å². The van der Waals surface area contributed by atoms with Crippen molar-refractivity contribution in [2.24, 2.45) is 0 Å². The molecule has 1 heterocycles. The van der Waals surface area contributed by atoms with E-state index in [0.29, 0.717) is 5.56 Å². The van der Waals surface area contributed by atoms with E-state index in [1.807, 2.05) is 24.3 Å². The molecule has 1 aromatic heterocycles. The van der Waals surface area contributed by atoms with E-state index in [4.69, 9.17) is 7.49 Å². The van der Waals surface area contributed by atoms with Crippen LogP contribution in [0.15, 0.2) is 71.2 Å². The van der Waals surface area contributed by atoms with E-state index in [9.17, 15) is 5.26 Å². The Bertz CT molecular complexity index is 1370. The normalized spacial score (nSPS) is 12.8. The zero-order valence-corrected chi connectivity index (χ0v) is 17.9. The quantitative estimate of drug-likeness (QED) is 0.345. The van der Waals surface area contributed by atoms with Gasteiger partial charge in [-0.15, -0.1) is 0 Å². The van der Waals surface area contributed by atoms with Crippen molar-refractivity contribution < 1.29 is 0 Å². The van der Waals surface area contributed by atoms with Crippen LogP contribution < -0.4 is 0 Å². The summed E-state index contributed by atoms with van der Waals surface area (Å²) >= 11 is 3.69. The first-order valence-corrected chi connectivity index (χ1v) is 10.7. The minimum atomic E-state index is 0.689. The average Bonchev–Trinajstić information content (AvgIpc) is 3.12. The fraction of sp³-hybridized carbons (Fsp3) is 0.0769. The van der Waals surface area contributed by atoms with E-state index < -0.39 is 0 Å². The van der Waals surface area contributed by atoms with Crippen LogP contribution in [0.4, 0.5) is 0 Å². The third-order valence-corrected chi connectivity index (χ3v) is 6.34. The molecule has 0 saturated heterocycles. The van der Waals surface area contributed by atoms with Crippen LogP contribution >= 0.6 is 15.9 Å². The zero-order chi connectivity index (χ0) is 20.7. The first-order chi connectivity index (χ1) is 14.7. The Balaban J connectivity index is 1.69. The maximum absolute atomic E-state index is 9.42. The Hall–Kier alpha value is -3.16. The van der Waals surface area contributed by atoms with Crippen LogP contribution in [-0.4, -0.2) is 18.0 Å². The van der Waals surface area contributed by atoms with Crippen molar-refractivity contribution in [2.75, 3.05) is 0 Å². The van der Waals surface area contributed by atoms with E-state index in [1.165, 1.54) is 26.6 Å². The van der Waals surface area contributed by atoms with Gasteiger partial charge in [-0.3, -0.25) is 0 Å². The summed E-state index contributed by atoms with van der Waals surface area (Å²) in [6, 6.07) is 24.8. The van der Waals surface area contributed by atoms with Gasteiger partial charge in [0.15, 0.2) is 0 Å². The molecule has 0 aliphatic heterocycles. The molecule has 0 unspecified atom stereocenters. The Labute approximate surface area is 185 Å². The van der Waals surface area contributed by atoms with Gasteiger partial charge in [-0.2, -0.15) is 5.26 Å². The predicted molar refractivity (Wildman–Crippen MR) is 130 cm³/mol. The molecule has 0 atom stereocenters. The van der Waals surface area contributed by atoms with E-state index >= 15 is 0 Å². The number of benzene rings is 3. The molecule has 2 nitrogen and oxygen atoms in total. The second-order valence-corrected chi connectivity index (χ2v) is 8.45. The Kier molecular flexibility index (Phi) is 4.77. The van der Waals surface area contributed by atoms with Gasteiger partial charge in [0.25, 0.3) is 0 Å². The molecule has 0 bridgehead atoms. The molecule has 141 valence electrons. The molecule has 0 N–H and O–H groups in total. The summed E-state index contributed by atoms with van der Waals surface area (Å²) < 4.78 is 3.57. The zero-order valence-electron chi connectivity index (χ0n) is 16.3. The van der Waals surface area contributed by atoms with Crippen LogP contribution in [0.3, 0.4) is 0 Å². The molecule has 0 amide bonds. The molecule has 0 fully saturated rings. The first kappa shape index (κ1) is 18.8. The van der Waals surface area contributed by atoms with Crippen LogP contribution in [0.2, 0.25) is 0 Å². The SMILES string of the molecule is [B]=Cc1ccc2c(c1)c1c(n2-c2ccc(-c3ccccc3C#N)cc2)CCC(Br)=C1. The van der Waals surface area contributed by atoms with E-state index in [1.54, 1.807) is 5.97 Å². The summed E-state index contributed by atoms with van der Waals surface area (Å²) in [4.78, 5) is 0. The fourth-order valence-electron chi connectivity index (χ4n) is 4.28.